The summed E-state index contributed by atoms with van der Waals surface area (Å²) in [5, 5.41) is 3.59. The van der Waals surface area contributed by atoms with Crippen molar-refractivity contribution in [2.75, 3.05) is 38.7 Å². The number of hydrogen-bond donors (Lipinski definition) is 1. The van der Waals surface area contributed by atoms with E-state index >= 15 is 0 Å². The van der Waals surface area contributed by atoms with Gasteiger partial charge in [0.25, 0.3) is 0 Å². The van der Waals surface area contributed by atoms with Crippen LogP contribution < -0.4 is 5.32 Å². The summed E-state index contributed by atoms with van der Waals surface area (Å²) in [5.41, 5.74) is 0. The second-order valence-corrected chi connectivity index (χ2v) is 4.82. The molecule has 1 aliphatic heterocycles. The summed E-state index contributed by atoms with van der Waals surface area (Å²) in [6, 6.07) is 0.803. The van der Waals surface area contributed by atoms with Crippen LogP contribution in [0.5, 0.6) is 0 Å². The van der Waals surface area contributed by atoms with E-state index in [1.54, 1.807) is 0 Å². The molecule has 1 fully saturated rings. The van der Waals surface area contributed by atoms with E-state index < -0.39 is 0 Å². The first-order valence-corrected chi connectivity index (χ1v) is 5.90. The molecule has 0 aromatic carbocycles. The van der Waals surface area contributed by atoms with E-state index in [1.807, 2.05) is 0 Å². The fourth-order valence-corrected chi connectivity index (χ4v) is 2.58. The molecule has 0 unspecified atom stereocenters. The van der Waals surface area contributed by atoms with E-state index in [2.05, 4.69) is 36.1 Å². The third kappa shape index (κ3) is 4.33. The minimum absolute atomic E-state index is 0.803. The molecule has 0 amide bonds. The smallest absolute Gasteiger partial charge is 0.0166 e. The van der Waals surface area contributed by atoms with E-state index in [-0.39, 0.29) is 0 Å². The molecule has 1 N–H and O–H groups in total. The van der Waals surface area contributed by atoms with E-state index in [1.165, 1.54) is 37.4 Å². The Labute approximate surface area is 80.1 Å². The molecule has 1 rings (SSSR count). The van der Waals surface area contributed by atoms with Crippen LogP contribution in [0, 0.1) is 0 Å². The average Bonchev–Trinajstić information content (AvgIpc) is 2.49. The molecule has 0 aliphatic carbocycles. The van der Waals surface area contributed by atoms with Gasteiger partial charge in [-0.1, -0.05) is 0 Å². The quantitative estimate of drug-likeness (QED) is 0.649. The third-order valence-corrected chi connectivity index (χ3v) is 3.31. The maximum Gasteiger partial charge on any atom is 0.0166 e. The largest absolute Gasteiger partial charge is 0.313 e. The van der Waals surface area contributed by atoms with Crippen molar-refractivity contribution < 1.29 is 0 Å². The summed E-state index contributed by atoms with van der Waals surface area (Å²) in [6.07, 6.45) is 2.64. The lowest BCUT2D eigenvalue weighted by Gasteiger charge is -2.13. The van der Waals surface area contributed by atoms with Gasteiger partial charge < -0.3 is 10.2 Å². The molecule has 0 spiro atoms. The predicted octanol–water partition coefficient (Wildman–Crippen LogP) is 1.03. The Balaban J connectivity index is 1.88. The summed E-state index contributed by atoms with van der Waals surface area (Å²) >= 11 is 2.07. The summed E-state index contributed by atoms with van der Waals surface area (Å²) in [6.45, 7) is 2.39. The monoisotopic (exact) mass is 188 g/mol. The van der Waals surface area contributed by atoms with E-state index in [4.69, 9.17) is 0 Å². The van der Waals surface area contributed by atoms with Gasteiger partial charge in [-0.3, -0.25) is 0 Å². The Hall–Kier alpha value is 0.270. The summed E-state index contributed by atoms with van der Waals surface area (Å²) in [7, 11) is 4.26. The van der Waals surface area contributed by atoms with Gasteiger partial charge in [-0.05, 0) is 45.8 Å². The van der Waals surface area contributed by atoms with Gasteiger partial charge in [-0.25, -0.2) is 0 Å². The molecule has 1 saturated heterocycles. The molecular weight excluding hydrogens is 168 g/mol. The normalized spacial score (nSPS) is 23.8. The molecule has 0 bridgehead atoms. The minimum atomic E-state index is 0.803. The number of rotatable bonds is 5. The summed E-state index contributed by atoms with van der Waals surface area (Å²) in [5.74, 6) is 2.67. The molecule has 0 radical (unpaired) electrons. The Morgan fingerprint density at radius 1 is 1.50 bits per heavy atom. The predicted molar refractivity (Wildman–Crippen MR) is 56.9 cm³/mol. The van der Waals surface area contributed by atoms with Gasteiger partial charge in [-0.2, -0.15) is 11.8 Å². The Kier molecular flexibility index (Phi) is 5.04. The standard InChI is InChI=1S/C9H20N2S/c1-11(2)6-3-5-10-9-4-7-12-8-9/h9-10H,3-8H2,1-2H3/t9-/m0/s1. The van der Waals surface area contributed by atoms with Gasteiger partial charge >= 0.3 is 0 Å². The summed E-state index contributed by atoms with van der Waals surface area (Å²) < 4.78 is 0. The lowest BCUT2D eigenvalue weighted by Crippen LogP contribution is -2.31. The molecule has 0 saturated carbocycles. The zero-order chi connectivity index (χ0) is 8.81. The van der Waals surface area contributed by atoms with Crippen molar-refractivity contribution in [2.45, 2.75) is 18.9 Å². The Bertz CT molecular complexity index is 111. The topological polar surface area (TPSA) is 15.3 Å². The summed E-state index contributed by atoms with van der Waals surface area (Å²) in [4.78, 5) is 2.24. The van der Waals surface area contributed by atoms with Crippen molar-refractivity contribution in [3.8, 4) is 0 Å². The fourth-order valence-electron chi connectivity index (χ4n) is 1.40. The first kappa shape index (κ1) is 10.4. The van der Waals surface area contributed by atoms with Gasteiger partial charge in [0, 0.05) is 11.8 Å². The molecule has 1 heterocycles. The second-order valence-electron chi connectivity index (χ2n) is 3.67. The van der Waals surface area contributed by atoms with Gasteiger partial charge in [-0.15, -0.1) is 0 Å². The first-order chi connectivity index (χ1) is 5.79. The number of nitrogens with one attached hydrogen (secondary N) is 1. The van der Waals surface area contributed by atoms with Crippen molar-refractivity contribution in [2.24, 2.45) is 0 Å². The zero-order valence-corrected chi connectivity index (χ0v) is 8.99. The lowest BCUT2D eigenvalue weighted by atomic mass is 10.2. The number of nitrogens with zero attached hydrogens (tertiary/aromatic N) is 1. The fraction of sp³-hybridized carbons (Fsp3) is 1.00. The molecule has 3 heteroatoms. The van der Waals surface area contributed by atoms with Crippen LogP contribution in [0.2, 0.25) is 0 Å². The number of thioether (sulfide) groups is 1. The zero-order valence-electron chi connectivity index (χ0n) is 8.18. The van der Waals surface area contributed by atoms with Gasteiger partial charge in [0.1, 0.15) is 0 Å². The van der Waals surface area contributed by atoms with Gasteiger partial charge in [0.15, 0.2) is 0 Å². The van der Waals surface area contributed by atoms with Gasteiger partial charge in [0.05, 0.1) is 0 Å². The highest BCUT2D eigenvalue weighted by Crippen LogP contribution is 2.16. The van der Waals surface area contributed by atoms with Crippen LogP contribution in [0.25, 0.3) is 0 Å². The second kappa shape index (κ2) is 5.84. The molecule has 0 aromatic heterocycles. The molecule has 0 aromatic rings. The Morgan fingerprint density at radius 3 is 2.92 bits per heavy atom. The van der Waals surface area contributed by atoms with Crippen LogP contribution in [0.1, 0.15) is 12.8 Å². The third-order valence-electron chi connectivity index (χ3n) is 2.14. The minimum Gasteiger partial charge on any atom is -0.313 e. The van der Waals surface area contributed by atoms with Crippen LogP contribution in [-0.2, 0) is 0 Å². The average molecular weight is 188 g/mol. The molecule has 1 atom stereocenters. The van der Waals surface area contributed by atoms with Crippen LogP contribution >= 0.6 is 11.8 Å². The van der Waals surface area contributed by atoms with E-state index in [0.29, 0.717) is 0 Å². The van der Waals surface area contributed by atoms with Crippen LogP contribution in [0.3, 0.4) is 0 Å². The van der Waals surface area contributed by atoms with Crippen LogP contribution in [0.15, 0.2) is 0 Å². The maximum atomic E-state index is 3.59. The van der Waals surface area contributed by atoms with Crippen molar-refractivity contribution in [3.05, 3.63) is 0 Å². The van der Waals surface area contributed by atoms with Crippen molar-refractivity contribution >= 4 is 11.8 Å². The van der Waals surface area contributed by atoms with Crippen molar-refractivity contribution in [3.63, 3.8) is 0 Å². The highest BCUT2D eigenvalue weighted by Gasteiger charge is 2.13. The molecule has 12 heavy (non-hydrogen) atoms. The molecule has 72 valence electrons. The molecule has 1 aliphatic rings. The number of hydrogen-bond acceptors (Lipinski definition) is 3. The van der Waals surface area contributed by atoms with Crippen LogP contribution in [-0.4, -0.2) is 49.6 Å². The van der Waals surface area contributed by atoms with Crippen molar-refractivity contribution in [1.29, 1.82) is 0 Å². The van der Waals surface area contributed by atoms with E-state index in [0.717, 1.165) is 6.04 Å². The van der Waals surface area contributed by atoms with Gasteiger partial charge in [0.2, 0.25) is 0 Å². The maximum absolute atomic E-state index is 3.59. The van der Waals surface area contributed by atoms with Crippen molar-refractivity contribution in [1.82, 2.24) is 10.2 Å². The SMILES string of the molecule is CN(C)CCCN[C@H]1CCSC1. The molecule has 2 nitrogen and oxygen atoms in total. The Morgan fingerprint density at radius 2 is 2.33 bits per heavy atom. The first-order valence-electron chi connectivity index (χ1n) is 4.75. The van der Waals surface area contributed by atoms with Crippen LogP contribution in [0.4, 0.5) is 0 Å². The highest BCUT2D eigenvalue weighted by molar-refractivity contribution is 7.99. The highest BCUT2D eigenvalue weighted by atomic mass is 32.2. The lowest BCUT2D eigenvalue weighted by molar-refractivity contribution is 0.388. The van der Waals surface area contributed by atoms with E-state index in [9.17, 15) is 0 Å². The molecular formula is C9H20N2S.